The van der Waals surface area contributed by atoms with Gasteiger partial charge < -0.3 is 9.11 Å². The average Bonchev–Trinajstić information content (AvgIpc) is 2.36. The van der Waals surface area contributed by atoms with Crippen molar-refractivity contribution in [1.82, 2.24) is 0 Å². The predicted molar refractivity (Wildman–Crippen MR) is 78.6 cm³/mol. The molecule has 8 heteroatoms. The third-order valence-electron chi connectivity index (χ3n) is 2.71. The molecule has 0 unspecified atom stereocenters. The average molecular weight is 372 g/mol. The number of carbonyl (C=O) groups excluding carboxylic acids is 1. The van der Waals surface area contributed by atoms with E-state index in [0.717, 1.165) is 0 Å². The summed E-state index contributed by atoms with van der Waals surface area (Å²) in [5, 5.41) is 0. The fourth-order valence-electron chi connectivity index (χ4n) is 1.74. The van der Waals surface area contributed by atoms with E-state index in [1.165, 1.54) is 101 Å². The SMILES string of the molecule is CCCCCCCCCCC[CH2][Na].O=S(=O)([O-])[O-].O=[C]=[Fe+2]. The van der Waals surface area contributed by atoms with E-state index in [-0.39, 0.29) is 0 Å². The molecule has 0 saturated carbocycles. The summed E-state index contributed by atoms with van der Waals surface area (Å²) in [7, 11) is -5.17. The van der Waals surface area contributed by atoms with Gasteiger partial charge in [-0.05, 0) is 0 Å². The quantitative estimate of drug-likeness (QED) is 0.254. The molecule has 0 aliphatic rings. The van der Waals surface area contributed by atoms with Crippen molar-refractivity contribution in [3.05, 3.63) is 0 Å². The topological polar surface area (TPSA) is 97.3 Å². The molecule has 0 spiro atoms. The van der Waals surface area contributed by atoms with Crippen LogP contribution in [0.1, 0.15) is 71.1 Å². The van der Waals surface area contributed by atoms with Gasteiger partial charge >= 0.3 is 128 Å². The van der Waals surface area contributed by atoms with Crippen molar-refractivity contribution in [2.24, 2.45) is 0 Å². The minimum absolute atomic E-state index is 1.25. The van der Waals surface area contributed by atoms with Crippen molar-refractivity contribution in [2.45, 2.75) is 74.8 Å². The molecule has 0 rings (SSSR count). The molecule has 0 aromatic heterocycles. The summed E-state index contributed by atoms with van der Waals surface area (Å²) >= 11 is 4.09. The monoisotopic (exact) mass is 372 g/mol. The van der Waals surface area contributed by atoms with E-state index in [9.17, 15) is 0 Å². The van der Waals surface area contributed by atoms with Crippen molar-refractivity contribution < 1.29 is 37.9 Å². The first kappa shape index (κ1) is 26.8. The first-order valence-corrected chi connectivity index (χ1v) is 10.8. The van der Waals surface area contributed by atoms with Crippen LogP contribution >= 0.6 is 0 Å². The molecule has 0 atom stereocenters. The molecular weight excluding hydrogens is 347 g/mol. The molecule has 0 fully saturated rings. The summed E-state index contributed by atoms with van der Waals surface area (Å²) in [6, 6.07) is 0. The van der Waals surface area contributed by atoms with Gasteiger partial charge in [-0.15, -0.1) is 0 Å². The van der Waals surface area contributed by atoms with Gasteiger partial charge in [-0.2, -0.15) is 0 Å². The van der Waals surface area contributed by atoms with Gasteiger partial charge in [0.2, 0.25) is 0 Å². The zero-order valence-corrected chi connectivity index (χ0v) is 17.0. The van der Waals surface area contributed by atoms with Crippen LogP contribution in [0.15, 0.2) is 0 Å². The maximum absolute atomic E-state index is 8.57. The summed E-state index contributed by atoms with van der Waals surface area (Å²) in [6.45, 7) is 2.29. The third kappa shape index (κ3) is 62.7. The van der Waals surface area contributed by atoms with E-state index in [1.54, 1.807) is 0 Å². The Morgan fingerprint density at radius 3 is 1.38 bits per heavy atom. The molecule has 5 nitrogen and oxygen atoms in total. The second-order valence-electron chi connectivity index (χ2n) is 4.66. The number of unbranched alkanes of at least 4 members (excludes halogenated alkanes) is 9. The fraction of sp³-hybridized carbons (Fsp3) is 0.923. The Bertz CT molecular complexity index is 299. The molecule has 0 amide bonds. The molecule has 21 heavy (non-hydrogen) atoms. The van der Waals surface area contributed by atoms with Gasteiger partial charge in [-0.1, -0.05) is 0 Å². The van der Waals surface area contributed by atoms with Gasteiger partial charge in [-0.25, -0.2) is 0 Å². The van der Waals surface area contributed by atoms with Gasteiger partial charge in [-0.3, -0.25) is 8.42 Å². The van der Waals surface area contributed by atoms with E-state index >= 15 is 0 Å². The Labute approximate surface area is 155 Å². The summed E-state index contributed by atoms with van der Waals surface area (Å²) in [5.41, 5.74) is 0. The van der Waals surface area contributed by atoms with Crippen LogP contribution in [0.3, 0.4) is 0 Å². The molecule has 0 aliphatic heterocycles. The second kappa shape index (κ2) is 23.2. The second-order valence-corrected chi connectivity index (χ2v) is 6.70. The van der Waals surface area contributed by atoms with Crippen LogP contribution in [0, 0.1) is 0 Å². The maximum atomic E-state index is 8.57. The normalized spacial score (nSPS) is 9.76. The predicted octanol–water partition coefficient (Wildman–Crippen LogP) is 2.76. The Balaban J connectivity index is -0.000000335. The molecule has 0 aromatic rings. The zero-order chi connectivity index (χ0) is 17.0. The molecular formula is C13H25FeNaO5S. The summed E-state index contributed by atoms with van der Waals surface area (Å²) in [5.74, 6) is 0. The summed E-state index contributed by atoms with van der Waals surface area (Å²) in [6.07, 6.45) is 14.7. The Hall–Kier alpha value is 0.969. The first-order valence-electron chi connectivity index (χ1n) is 7.46. The van der Waals surface area contributed by atoms with Crippen LogP contribution in [-0.4, -0.2) is 50.2 Å². The Kier molecular flexibility index (Phi) is 29.7. The van der Waals surface area contributed by atoms with E-state index in [4.69, 9.17) is 22.3 Å². The van der Waals surface area contributed by atoms with E-state index in [0.29, 0.717) is 0 Å². The molecule has 0 aliphatic carbocycles. The van der Waals surface area contributed by atoms with Gasteiger partial charge in [0.25, 0.3) is 0 Å². The van der Waals surface area contributed by atoms with Crippen molar-refractivity contribution in [1.29, 1.82) is 0 Å². The Morgan fingerprint density at radius 1 is 0.905 bits per heavy atom. The third-order valence-corrected chi connectivity index (χ3v) is 3.41. The molecule has 0 aromatic carbocycles. The van der Waals surface area contributed by atoms with Gasteiger partial charge in [0.15, 0.2) is 0 Å². The van der Waals surface area contributed by atoms with E-state index in [2.05, 4.69) is 22.5 Å². The molecule has 0 heterocycles. The van der Waals surface area contributed by atoms with Crippen LogP contribution in [0.4, 0.5) is 0 Å². The number of hydrogen-bond donors (Lipinski definition) is 0. The molecule has 0 N–H and O–H groups in total. The van der Waals surface area contributed by atoms with E-state index < -0.39 is 10.4 Å². The minimum atomic E-state index is -5.17. The van der Waals surface area contributed by atoms with Crippen LogP contribution in [0.2, 0.25) is 3.67 Å². The van der Waals surface area contributed by atoms with E-state index in [1.807, 2.05) is 0 Å². The standard InChI is InChI=1S/C12H25.CO.Fe.Na.H2O4S/c1-3-5-7-9-11-12-10-8-6-4-2;1-2;;;1-5(2,3)4/h1,3-12H2,2H3;;;;(H2,1,2,3,4)/q;;+2;;/p-2. The summed E-state index contributed by atoms with van der Waals surface area (Å²) < 4.78 is 35.6. The van der Waals surface area contributed by atoms with Crippen LogP contribution in [-0.2, 0) is 30.8 Å². The van der Waals surface area contributed by atoms with Crippen LogP contribution < -0.4 is 0 Å². The van der Waals surface area contributed by atoms with Crippen molar-refractivity contribution in [3.8, 4) is 0 Å². The van der Waals surface area contributed by atoms with Crippen molar-refractivity contribution >= 4 is 43.1 Å². The molecule has 0 saturated heterocycles. The number of hydrogen-bond acceptors (Lipinski definition) is 5. The Morgan fingerprint density at radius 2 is 1.14 bits per heavy atom. The molecule has 0 radical (unpaired) electrons. The molecule has 122 valence electrons. The fourth-order valence-corrected chi connectivity index (χ4v) is 2.24. The van der Waals surface area contributed by atoms with Crippen molar-refractivity contribution in [2.75, 3.05) is 0 Å². The van der Waals surface area contributed by atoms with Crippen LogP contribution in [0.25, 0.3) is 0 Å². The van der Waals surface area contributed by atoms with Gasteiger partial charge in [0, 0.05) is 10.4 Å². The van der Waals surface area contributed by atoms with Crippen molar-refractivity contribution in [3.63, 3.8) is 0 Å². The first-order chi connectivity index (χ1) is 9.83. The zero-order valence-electron chi connectivity index (χ0n) is 13.1. The van der Waals surface area contributed by atoms with Gasteiger partial charge in [0.1, 0.15) is 0 Å². The molecule has 0 bridgehead atoms. The van der Waals surface area contributed by atoms with Gasteiger partial charge in [0.05, 0.1) is 0 Å². The summed E-state index contributed by atoms with van der Waals surface area (Å²) in [4.78, 5) is 9.82. The number of rotatable bonds is 10. The van der Waals surface area contributed by atoms with Crippen LogP contribution in [0.5, 0.6) is 0 Å².